The number of anilines is 2. The monoisotopic (exact) mass is 445 g/mol. The number of nitrogens with one attached hydrogen (secondary N) is 2. The number of nitrogens with zero attached hydrogens (tertiary/aromatic N) is 1. The van der Waals surface area contributed by atoms with Crippen LogP contribution in [0.25, 0.3) is 0 Å². The van der Waals surface area contributed by atoms with Gasteiger partial charge in [0.25, 0.3) is 11.6 Å². The molecule has 0 radical (unpaired) electrons. The van der Waals surface area contributed by atoms with Gasteiger partial charge in [-0.25, -0.2) is 4.79 Å². The maximum Gasteiger partial charge on any atom is 0.418 e. The third kappa shape index (κ3) is 5.38. The van der Waals surface area contributed by atoms with Crippen LogP contribution < -0.4 is 10.6 Å². The largest absolute Gasteiger partial charge is 0.449 e. The lowest BCUT2D eigenvalue weighted by Gasteiger charge is -2.17. The average molecular weight is 446 g/mol. The van der Waals surface area contributed by atoms with Crippen LogP contribution in [0.15, 0.2) is 36.4 Å². The highest BCUT2D eigenvalue weighted by Crippen LogP contribution is 2.36. The van der Waals surface area contributed by atoms with Crippen LogP contribution in [0, 0.1) is 10.1 Å². The Morgan fingerprint density at radius 2 is 1.80 bits per heavy atom. The standard InChI is InChI=1S/C18H15ClF3N3O5/c1-9(16(26)24-15-5-3-10(19)7-13(15)18(20,21)22)30-17(27)12-8-11(25(28)29)4-6-14(12)23-2/h3-9,23H,1-2H3,(H,24,26). The van der Waals surface area contributed by atoms with Crippen molar-refractivity contribution in [2.24, 2.45) is 0 Å². The molecule has 2 aromatic carbocycles. The molecule has 160 valence electrons. The number of esters is 1. The van der Waals surface area contributed by atoms with Gasteiger partial charge in [0.15, 0.2) is 6.10 Å². The Morgan fingerprint density at radius 3 is 2.37 bits per heavy atom. The molecular weight excluding hydrogens is 431 g/mol. The second kappa shape index (κ2) is 8.99. The van der Waals surface area contributed by atoms with Crippen LogP contribution in [-0.2, 0) is 15.7 Å². The Morgan fingerprint density at radius 1 is 1.17 bits per heavy atom. The zero-order valence-electron chi connectivity index (χ0n) is 15.5. The van der Waals surface area contributed by atoms with E-state index in [4.69, 9.17) is 16.3 Å². The summed E-state index contributed by atoms with van der Waals surface area (Å²) in [6, 6.07) is 6.18. The lowest BCUT2D eigenvalue weighted by atomic mass is 10.1. The van der Waals surface area contributed by atoms with Crippen molar-refractivity contribution in [3.05, 3.63) is 62.7 Å². The van der Waals surface area contributed by atoms with E-state index >= 15 is 0 Å². The molecule has 2 N–H and O–H groups in total. The number of hydrogen-bond donors (Lipinski definition) is 2. The molecule has 1 atom stereocenters. The van der Waals surface area contributed by atoms with E-state index in [9.17, 15) is 32.9 Å². The molecule has 0 fully saturated rings. The summed E-state index contributed by atoms with van der Waals surface area (Å²) in [6.07, 6.45) is -6.28. The summed E-state index contributed by atoms with van der Waals surface area (Å²) < 4.78 is 44.4. The number of halogens is 4. The SMILES string of the molecule is CNc1ccc([N+](=O)[O-])cc1C(=O)OC(C)C(=O)Nc1ccc(Cl)cc1C(F)(F)F. The van der Waals surface area contributed by atoms with Crippen molar-refractivity contribution in [1.29, 1.82) is 0 Å². The molecule has 0 heterocycles. The summed E-state index contributed by atoms with van der Waals surface area (Å²) in [5.41, 5.74) is -2.12. The van der Waals surface area contributed by atoms with E-state index in [2.05, 4.69) is 5.32 Å². The van der Waals surface area contributed by atoms with Gasteiger partial charge in [-0.2, -0.15) is 13.2 Å². The van der Waals surface area contributed by atoms with Crippen LogP contribution in [-0.4, -0.2) is 30.0 Å². The van der Waals surface area contributed by atoms with Crippen LogP contribution in [0.2, 0.25) is 5.02 Å². The van der Waals surface area contributed by atoms with Gasteiger partial charge in [-0.05, 0) is 31.2 Å². The van der Waals surface area contributed by atoms with Gasteiger partial charge < -0.3 is 15.4 Å². The van der Waals surface area contributed by atoms with Crippen molar-refractivity contribution in [2.75, 3.05) is 17.7 Å². The first-order valence-corrected chi connectivity index (χ1v) is 8.66. The lowest BCUT2D eigenvalue weighted by Crippen LogP contribution is -2.31. The molecule has 1 amide bonds. The smallest absolute Gasteiger partial charge is 0.418 e. The molecule has 30 heavy (non-hydrogen) atoms. The van der Waals surface area contributed by atoms with Crippen molar-refractivity contribution in [3.63, 3.8) is 0 Å². The number of non-ortho nitro benzene ring substituents is 1. The topological polar surface area (TPSA) is 111 Å². The number of amides is 1. The number of ether oxygens (including phenoxy) is 1. The Bertz CT molecular complexity index is 998. The third-order valence-corrected chi connectivity index (χ3v) is 4.14. The average Bonchev–Trinajstić information content (AvgIpc) is 2.67. The van der Waals surface area contributed by atoms with Gasteiger partial charge in [0, 0.05) is 29.9 Å². The Balaban J connectivity index is 2.20. The summed E-state index contributed by atoms with van der Waals surface area (Å²) in [6.45, 7) is 1.15. The zero-order valence-corrected chi connectivity index (χ0v) is 16.3. The van der Waals surface area contributed by atoms with E-state index in [0.29, 0.717) is 6.07 Å². The number of carbonyl (C=O) groups is 2. The predicted octanol–water partition coefficient (Wildman–Crippen LogP) is 4.49. The third-order valence-electron chi connectivity index (χ3n) is 3.90. The van der Waals surface area contributed by atoms with E-state index in [1.54, 1.807) is 0 Å². The Labute approximate surface area is 173 Å². The molecule has 0 aliphatic carbocycles. The first-order valence-electron chi connectivity index (χ1n) is 8.28. The van der Waals surface area contributed by atoms with Crippen molar-refractivity contribution in [1.82, 2.24) is 0 Å². The molecule has 2 aromatic rings. The lowest BCUT2D eigenvalue weighted by molar-refractivity contribution is -0.384. The van der Waals surface area contributed by atoms with E-state index in [0.717, 1.165) is 31.2 Å². The fourth-order valence-electron chi connectivity index (χ4n) is 2.40. The zero-order chi connectivity index (χ0) is 22.6. The van der Waals surface area contributed by atoms with Crippen LogP contribution in [0.1, 0.15) is 22.8 Å². The highest BCUT2D eigenvalue weighted by molar-refractivity contribution is 6.30. The van der Waals surface area contributed by atoms with Crippen molar-refractivity contribution < 1.29 is 32.4 Å². The summed E-state index contributed by atoms with van der Waals surface area (Å²) >= 11 is 5.59. The number of nitro groups is 1. The minimum absolute atomic E-state index is 0.176. The molecule has 0 bridgehead atoms. The maximum atomic E-state index is 13.1. The highest BCUT2D eigenvalue weighted by Gasteiger charge is 2.35. The molecule has 0 saturated heterocycles. The molecule has 0 aliphatic rings. The van der Waals surface area contributed by atoms with Crippen LogP contribution in [0.4, 0.5) is 30.2 Å². The molecule has 0 aliphatic heterocycles. The van der Waals surface area contributed by atoms with Gasteiger partial charge >= 0.3 is 12.1 Å². The fourth-order valence-corrected chi connectivity index (χ4v) is 2.58. The van der Waals surface area contributed by atoms with Gasteiger partial charge in [0.1, 0.15) is 0 Å². The first kappa shape index (κ1) is 22.9. The summed E-state index contributed by atoms with van der Waals surface area (Å²) in [7, 11) is 1.47. The molecule has 1 unspecified atom stereocenters. The van der Waals surface area contributed by atoms with E-state index in [1.165, 1.54) is 13.1 Å². The normalized spacial score (nSPS) is 12.1. The maximum absolute atomic E-state index is 13.1. The number of benzene rings is 2. The van der Waals surface area contributed by atoms with Crippen LogP contribution >= 0.6 is 11.6 Å². The highest BCUT2D eigenvalue weighted by atomic mass is 35.5. The van der Waals surface area contributed by atoms with E-state index < -0.39 is 40.3 Å². The van der Waals surface area contributed by atoms with Gasteiger partial charge in [-0.1, -0.05) is 11.6 Å². The van der Waals surface area contributed by atoms with Crippen molar-refractivity contribution >= 4 is 40.5 Å². The first-order chi connectivity index (χ1) is 13.9. The Hall–Kier alpha value is -3.34. The molecule has 8 nitrogen and oxygen atoms in total. The van der Waals surface area contributed by atoms with E-state index in [-0.39, 0.29) is 22.0 Å². The summed E-state index contributed by atoms with van der Waals surface area (Å²) in [5.74, 6) is -2.11. The van der Waals surface area contributed by atoms with Gasteiger partial charge in [0.05, 0.1) is 21.7 Å². The van der Waals surface area contributed by atoms with Crippen molar-refractivity contribution in [2.45, 2.75) is 19.2 Å². The number of alkyl halides is 3. The molecule has 0 spiro atoms. The number of hydrogen-bond acceptors (Lipinski definition) is 6. The fraction of sp³-hybridized carbons (Fsp3) is 0.222. The molecule has 0 aromatic heterocycles. The number of rotatable bonds is 6. The van der Waals surface area contributed by atoms with Crippen LogP contribution in [0.3, 0.4) is 0 Å². The minimum Gasteiger partial charge on any atom is -0.449 e. The number of nitro benzene ring substituents is 1. The molecule has 0 saturated carbocycles. The van der Waals surface area contributed by atoms with Gasteiger partial charge in [-0.15, -0.1) is 0 Å². The van der Waals surface area contributed by atoms with E-state index in [1.807, 2.05) is 5.32 Å². The number of carbonyl (C=O) groups excluding carboxylic acids is 2. The van der Waals surface area contributed by atoms with Crippen LogP contribution in [0.5, 0.6) is 0 Å². The summed E-state index contributed by atoms with van der Waals surface area (Å²) in [5, 5.41) is 15.4. The quantitative estimate of drug-likeness (QED) is 0.385. The van der Waals surface area contributed by atoms with Gasteiger partial charge in [-0.3, -0.25) is 14.9 Å². The molecule has 12 heteroatoms. The predicted molar refractivity (Wildman–Crippen MR) is 103 cm³/mol. The molecule has 2 rings (SSSR count). The summed E-state index contributed by atoms with van der Waals surface area (Å²) in [4.78, 5) is 34.8. The Kier molecular flexibility index (Phi) is 6.88. The second-order valence-corrected chi connectivity index (χ2v) is 6.40. The van der Waals surface area contributed by atoms with Gasteiger partial charge in [0.2, 0.25) is 0 Å². The second-order valence-electron chi connectivity index (χ2n) is 5.96. The minimum atomic E-state index is -4.78. The van der Waals surface area contributed by atoms with Crippen molar-refractivity contribution in [3.8, 4) is 0 Å². The molecular formula is C18H15ClF3N3O5.